The van der Waals surface area contributed by atoms with Gasteiger partial charge in [0.05, 0.1) is 16.6 Å². The van der Waals surface area contributed by atoms with Crippen LogP contribution in [0.25, 0.3) is 0 Å². The highest BCUT2D eigenvalue weighted by molar-refractivity contribution is 6.62. The first kappa shape index (κ1) is 17.8. The van der Waals surface area contributed by atoms with Gasteiger partial charge in [-0.25, -0.2) is 4.98 Å². The Morgan fingerprint density at radius 1 is 1.26 bits per heavy atom. The Bertz CT molecular complexity index is 567. The topological polar surface area (TPSA) is 77.9 Å². The molecular weight excluding hydrogens is 297 g/mol. The summed E-state index contributed by atoms with van der Waals surface area (Å²) in [7, 11) is -0.475. The number of carbonyl (C=O) groups is 1. The van der Waals surface area contributed by atoms with Crippen LogP contribution in [0, 0.1) is 5.41 Å². The quantitative estimate of drug-likeness (QED) is 0.834. The molecule has 1 N–H and O–H groups in total. The molecule has 1 fully saturated rings. The molecule has 2 heterocycles. The lowest BCUT2D eigenvalue weighted by Crippen LogP contribution is -2.41. The number of ether oxygens (including phenoxy) is 1. The lowest BCUT2D eigenvalue weighted by Gasteiger charge is -2.32. The molecule has 6 nitrogen and oxygen atoms in total. The summed E-state index contributed by atoms with van der Waals surface area (Å²) in [6.45, 7) is 11.2. The fourth-order valence-electron chi connectivity index (χ4n) is 1.91. The molecule has 0 spiro atoms. The Labute approximate surface area is 137 Å². The Balaban J connectivity index is 2.02. The zero-order valence-electron chi connectivity index (χ0n) is 14.5. The summed E-state index contributed by atoms with van der Waals surface area (Å²) in [4.78, 5) is 15.3. The van der Waals surface area contributed by atoms with Gasteiger partial charge < -0.3 is 19.2 Å². The fourth-order valence-corrected chi connectivity index (χ4v) is 1.91. The van der Waals surface area contributed by atoms with E-state index >= 15 is 0 Å². The van der Waals surface area contributed by atoms with Crippen LogP contribution in [0.15, 0.2) is 18.3 Å². The molecule has 0 aromatic carbocycles. The third kappa shape index (κ3) is 3.67. The fraction of sp³-hybridized carbons (Fsp3) is 0.625. The second kappa shape index (κ2) is 5.80. The highest BCUT2D eigenvalue weighted by atomic mass is 16.7. The van der Waals surface area contributed by atoms with Gasteiger partial charge in [-0.05, 0) is 47.6 Å². The summed E-state index contributed by atoms with van der Waals surface area (Å²) in [6, 6.07) is 3.51. The predicted octanol–water partition coefficient (Wildman–Crippen LogP) is 1.87. The summed E-state index contributed by atoms with van der Waals surface area (Å²) >= 11 is 0. The molecule has 0 unspecified atom stereocenters. The van der Waals surface area contributed by atoms with Crippen LogP contribution in [0.5, 0.6) is 5.88 Å². The normalized spacial score (nSPS) is 19.7. The second-order valence-electron chi connectivity index (χ2n) is 7.50. The minimum Gasteiger partial charge on any atom is -0.481 e. The third-order valence-electron chi connectivity index (χ3n) is 4.44. The number of carboxylic acid groups (broad SMARTS) is 1. The summed E-state index contributed by atoms with van der Waals surface area (Å²) in [5.74, 6) is -0.536. The summed E-state index contributed by atoms with van der Waals surface area (Å²) in [6.07, 6.45) is 1.63. The first-order chi connectivity index (χ1) is 10.4. The van der Waals surface area contributed by atoms with E-state index in [0.29, 0.717) is 5.88 Å². The lowest BCUT2D eigenvalue weighted by molar-refractivity contribution is -0.148. The van der Waals surface area contributed by atoms with E-state index in [9.17, 15) is 4.79 Å². The van der Waals surface area contributed by atoms with E-state index in [1.807, 2.05) is 33.8 Å². The van der Waals surface area contributed by atoms with Gasteiger partial charge in [-0.1, -0.05) is 6.07 Å². The number of hydrogen-bond donors (Lipinski definition) is 1. The number of carboxylic acids is 1. The van der Waals surface area contributed by atoms with Crippen LogP contribution in [0.2, 0.25) is 0 Å². The molecule has 0 bridgehead atoms. The molecule has 1 aliphatic heterocycles. The number of aliphatic carboxylic acids is 1. The molecular formula is C16H24BNO5. The Kier molecular flexibility index (Phi) is 4.48. The Hall–Kier alpha value is -1.60. The van der Waals surface area contributed by atoms with Crippen molar-refractivity contribution < 1.29 is 23.9 Å². The van der Waals surface area contributed by atoms with Crippen molar-refractivity contribution >= 4 is 18.6 Å². The molecule has 23 heavy (non-hydrogen) atoms. The van der Waals surface area contributed by atoms with Gasteiger partial charge in [0.25, 0.3) is 0 Å². The molecule has 0 atom stereocenters. The highest BCUT2D eigenvalue weighted by Crippen LogP contribution is 2.36. The largest absolute Gasteiger partial charge is 0.496 e. The SMILES string of the molecule is CC(C)(COc1ccc(B2OC(C)(C)C(C)(C)O2)cn1)C(=O)O. The van der Waals surface area contributed by atoms with Crippen LogP contribution in [-0.2, 0) is 14.1 Å². The first-order valence-electron chi connectivity index (χ1n) is 7.62. The first-order valence-corrected chi connectivity index (χ1v) is 7.62. The monoisotopic (exact) mass is 321 g/mol. The van der Waals surface area contributed by atoms with Crippen molar-refractivity contribution in [3.05, 3.63) is 18.3 Å². The zero-order chi connectivity index (χ0) is 17.5. The van der Waals surface area contributed by atoms with Crippen molar-refractivity contribution in [1.29, 1.82) is 0 Å². The van der Waals surface area contributed by atoms with E-state index in [-0.39, 0.29) is 6.61 Å². The van der Waals surface area contributed by atoms with Gasteiger partial charge in [0, 0.05) is 11.7 Å². The highest BCUT2D eigenvalue weighted by Gasteiger charge is 2.51. The summed E-state index contributed by atoms with van der Waals surface area (Å²) < 4.78 is 17.4. The van der Waals surface area contributed by atoms with Gasteiger partial charge in [-0.3, -0.25) is 4.79 Å². The molecule has 1 aromatic rings. The number of aromatic nitrogens is 1. The molecule has 0 radical (unpaired) electrons. The number of hydrogen-bond acceptors (Lipinski definition) is 5. The van der Waals surface area contributed by atoms with E-state index in [1.165, 1.54) is 0 Å². The molecule has 7 heteroatoms. The lowest BCUT2D eigenvalue weighted by atomic mass is 9.80. The maximum Gasteiger partial charge on any atom is 0.496 e. The molecule has 126 valence electrons. The molecule has 1 saturated heterocycles. The Morgan fingerprint density at radius 2 is 1.83 bits per heavy atom. The van der Waals surface area contributed by atoms with Crippen LogP contribution < -0.4 is 10.2 Å². The minimum absolute atomic E-state index is 0.0468. The molecule has 2 rings (SSSR count). The van der Waals surface area contributed by atoms with Crippen molar-refractivity contribution in [3.8, 4) is 5.88 Å². The van der Waals surface area contributed by atoms with E-state index in [0.717, 1.165) is 5.46 Å². The predicted molar refractivity (Wildman–Crippen MR) is 86.9 cm³/mol. The van der Waals surface area contributed by atoms with Crippen LogP contribution in [-0.4, -0.2) is 41.0 Å². The molecule has 0 aliphatic carbocycles. The van der Waals surface area contributed by atoms with E-state index in [1.54, 1.807) is 26.1 Å². The van der Waals surface area contributed by atoms with Crippen molar-refractivity contribution in [2.45, 2.75) is 52.7 Å². The molecule has 0 amide bonds. The van der Waals surface area contributed by atoms with Crippen molar-refractivity contribution in [2.75, 3.05) is 6.61 Å². The zero-order valence-corrected chi connectivity index (χ0v) is 14.5. The van der Waals surface area contributed by atoms with Gasteiger partial charge in [0.2, 0.25) is 5.88 Å². The van der Waals surface area contributed by atoms with Gasteiger partial charge in [-0.2, -0.15) is 0 Å². The van der Waals surface area contributed by atoms with Gasteiger partial charge in [0.1, 0.15) is 6.61 Å². The average Bonchev–Trinajstić information content (AvgIpc) is 2.66. The number of nitrogens with zero attached hydrogens (tertiary/aromatic N) is 1. The maximum absolute atomic E-state index is 11.1. The van der Waals surface area contributed by atoms with E-state index in [4.69, 9.17) is 19.2 Å². The summed E-state index contributed by atoms with van der Waals surface area (Å²) in [5.41, 5.74) is -0.975. The van der Waals surface area contributed by atoms with Crippen molar-refractivity contribution in [1.82, 2.24) is 4.98 Å². The van der Waals surface area contributed by atoms with Crippen molar-refractivity contribution in [2.24, 2.45) is 5.41 Å². The van der Waals surface area contributed by atoms with Crippen LogP contribution in [0.1, 0.15) is 41.5 Å². The maximum atomic E-state index is 11.1. The summed E-state index contributed by atoms with van der Waals surface area (Å²) in [5, 5.41) is 9.07. The minimum atomic E-state index is -0.966. The standard InChI is InChI=1S/C16H24BNO5/c1-14(2,13(19)20)10-21-12-8-7-11(9-18-12)17-22-15(3,4)16(5,6)23-17/h7-9H,10H2,1-6H3,(H,19,20). The number of pyridine rings is 1. The smallest absolute Gasteiger partial charge is 0.481 e. The van der Waals surface area contributed by atoms with Crippen LogP contribution in [0.4, 0.5) is 0 Å². The Morgan fingerprint density at radius 3 is 2.26 bits per heavy atom. The van der Waals surface area contributed by atoms with Gasteiger partial charge in [-0.15, -0.1) is 0 Å². The molecule has 1 aromatic heterocycles. The van der Waals surface area contributed by atoms with Gasteiger partial charge >= 0.3 is 13.1 Å². The van der Waals surface area contributed by atoms with Crippen LogP contribution >= 0.6 is 0 Å². The van der Waals surface area contributed by atoms with Crippen molar-refractivity contribution in [3.63, 3.8) is 0 Å². The van der Waals surface area contributed by atoms with Crippen LogP contribution in [0.3, 0.4) is 0 Å². The second-order valence-corrected chi connectivity index (χ2v) is 7.50. The van der Waals surface area contributed by atoms with E-state index in [2.05, 4.69) is 4.98 Å². The third-order valence-corrected chi connectivity index (χ3v) is 4.44. The molecule has 1 aliphatic rings. The average molecular weight is 321 g/mol. The van der Waals surface area contributed by atoms with Gasteiger partial charge in [0.15, 0.2) is 0 Å². The molecule has 0 saturated carbocycles. The number of rotatable bonds is 5. The van der Waals surface area contributed by atoms with E-state index < -0.39 is 29.7 Å².